The number of nitrogens with zero attached hydrogens (tertiary/aromatic N) is 1. The lowest BCUT2D eigenvalue weighted by Crippen LogP contribution is -2.45. The lowest BCUT2D eigenvalue weighted by atomic mass is 9.96. The van der Waals surface area contributed by atoms with Crippen LogP contribution in [0.4, 0.5) is 5.69 Å². The van der Waals surface area contributed by atoms with E-state index in [1.165, 1.54) is 0 Å². The standard InChI is InChI=1S/C22H35N5O2/c1-5-17(25-18(6-2)8-10-28)7-9-24-22-19(21(23)27-29)13-16-12-14(3)11-15(4)20(16)26-22/h11-13,17-18,22-26,28H,5-10H2,1-4H3. The summed E-state index contributed by atoms with van der Waals surface area (Å²) in [6.07, 6.45) is 5.21. The summed E-state index contributed by atoms with van der Waals surface area (Å²) in [5.74, 6) is -0.251. The zero-order valence-corrected chi connectivity index (χ0v) is 18.0. The summed E-state index contributed by atoms with van der Waals surface area (Å²) in [6.45, 7) is 9.29. The number of nitroso groups, excluding NO2 is 1. The average Bonchev–Trinajstić information content (AvgIpc) is 2.71. The second-order valence-corrected chi connectivity index (χ2v) is 7.80. The molecule has 0 bridgehead atoms. The van der Waals surface area contributed by atoms with Crippen molar-refractivity contribution in [1.29, 1.82) is 5.41 Å². The van der Waals surface area contributed by atoms with Gasteiger partial charge in [-0.25, -0.2) is 0 Å². The zero-order valence-electron chi connectivity index (χ0n) is 18.0. The van der Waals surface area contributed by atoms with E-state index in [9.17, 15) is 10.0 Å². The van der Waals surface area contributed by atoms with E-state index in [1.54, 1.807) is 0 Å². The van der Waals surface area contributed by atoms with Gasteiger partial charge in [-0.05, 0) is 74.5 Å². The number of amidine groups is 1. The monoisotopic (exact) mass is 401 g/mol. The lowest BCUT2D eigenvalue weighted by Gasteiger charge is -2.30. The number of anilines is 1. The van der Waals surface area contributed by atoms with E-state index in [-0.39, 0.29) is 18.6 Å². The smallest absolute Gasteiger partial charge is 0.195 e. The highest BCUT2D eigenvalue weighted by atomic mass is 16.3. The average molecular weight is 402 g/mol. The number of hydrogen-bond donors (Lipinski definition) is 5. The SMILES string of the molecule is CCC(CCO)NC(CC)CCNC1Nc2c(C)cc(C)cc2C=C1C(=N)N=O. The first-order chi connectivity index (χ1) is 13.9. The Morgan fingerprint density at radius 3 is 2.55 bits per heavy atom. The molecule has 7 heteroatoms. The van der Waals surface area contributed by atoms with Crippen molar-refractivity contribution in [3.05, 3.63) is 39.3 Å². The van der Waals surface area contributed by atoms with Crippen LogP contribution >= 0.6 is 0 Å². The summed E-state index contributed by atoms with van der Waals surface area (Å²) in [5, 5.41) is 30.6. The topological polar surface area (TPSA) is 110 Å². The van der Waals surface area contributed by atoms with Crippen LogP contribution in [0.25, 0.3) is 6.08 Å². The minimum atomic E-state index is -0.328. The first-order valence-electron chi connectivity index (χ1n) is 10.5. The molecule has 1 aliphatic heterocycles. The van der Waals surface area contributed by atoms with Gasteiger partial charge in [-0.15, -0.1) is 4.91 Å². The van der Waals surface area contributed by atoms with Gasteiger partial charge in [0.2, 0.25) is 0 Å². The first kappa shape index (κ1) is 23.2. The van der Waals surface area contributed by atoms with Crippen molar-refractivity contribution in [3.8, 4) is 0 Å². The first-order valence-corrected chi connectivity index (χ1v) is 10.5. The van der Waals surface area contributed by atoms with Gasteiger partial charge in [0.1, 0.15) is 6.17 Å². The van der Waals surface area contributed by atoms with Crippen LogP contribution in [0.3, 0.4) is 0 Å². The summed E-state index contributed by atoms with van der Waals surface area (Å²) in [6, 6.07) is 4.83. The van der Waals surface area contributed by atoms with Crippen molar-refractivity contribution in [2.45, 2.75) is 71.6 Å². The molecular weight excluding hydrogens is 366 g/mol. The van der Waals surface area contributed by atoms with Crippen molar-refractivity contribution in [1.82, 2.24) is 10.6 Å². The number of aliphatic hydroxyl groups is 1. The summed E-state index contributed by atoms with van der Waals surface area (Å²) < 4.78 is 0. The fourth-order valence-corrected chi connectivity index (χ4v) is 3.90. The largest absolute Gasteiger partial charge is 0.396 e. The normalized spacial score (nSPS) is 17.7. The molecule has 2 rings (SSSR count). The second kappa shape index (κ2) is 11.2. The molecule has 7 nitrogen and oxygen atoms in total. The van der Waals surface area contributed by atoms with Gasteiger partial charge in [0.15, 0.2) is 5.84 Å². The van der Waals surface area contributed by atoms with Crippen molar-refractivity contribution >= 4 is 17.6 Å². The summed E-state index contributed by atoms with van der Waals surface area (Å²) in [7, 11) is 0. The maximum absolute atomic E-state index is 11.0. The van der Waals surface area contributed by atoms with Crippen LogP contribution in [-0.4, -0.2) is 42.3 Å². The predicted octanol–water partition coefficient (Wildman–Crippen LogP) is 3.69. The molecule has 160 valence electrons. The molecule has 1 aromatic rings. The molecule has 3 atom stereocenters. The van der Waals surface area contributed by atoms with E-state index in [0.29, 0.717) is 17.7 Å². The van der Waals surface area contributed by atoms with E-state index >= 15 is 0 Å². The Labute approximate surface area is 173 Å². The molecule has 1 aromatic carbocycles. The molecule has 0 aliphatic carbocycles. The van der Waals surface area contributed by atoms with E-state index in [0.717, 1.165) is 54.6 Å². The van der Waals surface area contributed by atoms with E-state index in [1.807, 2.05) is 19.1 Å². The van der Waals surface area contributed by atoms with Gasteiger partial charge >= 0.3 is 0 Å². The number of hydrogen-bond acceptors (Lipinski definition) is 6. The van der Waals surface area contributed by atoms with Crippen molar-refractivity contribution < 1.29 is 5.11 Å². The zero-order chi connectivity index (χ0) is 21.4. The molecule has 3 unspecified atom stereocenters. The Bertz CT molecular complexity index is 747. The van der Waals surface area contributed by atoms with E-state index in [2.05, 4.69) is 48.0 Å². The molecule has 0 spiro atoms. The van der Waals surface area contributed by atoms with Crippen molar-refractivity contribution in [2.24, 2.45) is 5.18 Å². The van der Waals surface area contributed by atoms with Crippen molar-refractivity contribution in [2.75, 3.05) is 18.5 Å². The molecule has 29 heavy (non-hydrogen) atoms. The summed E-state index contributed by atoms with van der Waals surface area (Å²) >= 11 is 0. The van der Waals surface area contributed by atoms with Crippen molar-refractivity contribution in [3.63, 3.8) is 0 Å². The number of nitrogens with one attached hydrogen (secondary N) is 4. The van der Waals surface area contributed by atoms with Crippen LogP contribution in [0.1, 0.15) is 56.2 Å². The summed E-state index contributed by atoms with van der Waals surface area (Å²) in [4.78, 5) is 11.0. The van der Waals surface area contributed by atoms with Gasteiger partial charge in [-0.3, -0.25) is 10.7 Å². The van der Waals surface area contributed by atoms with Gasteiger partial charge in [0.25, 0.3) is 0 Å². The quantitative estimate of drug-likeness (QED) is 0.221. The van der Waals surface area contributed by atoms with Gasteiger partial charge < -0.3 is 15.7 Å². The number of benzene rings is 1. The van der Waals surface area contributed by atoms with Gasteiger partial charge in [-0.2, -0.15) is 0 Å². The third kappa shape index (κ3) is 6.19. The minimum Gasteiger partial charge on any atom is -0.396 e. The Morgan fingerprint density at radius 2 is 1.93 bits per heavy atom. The summed E-state index contributed by atoms with van der Waals surface area (Å²) in [5.41, 5.74) is 4.84. The molecule has 0 aromatic heterocycles. The van der Waals surface area contributed by atoms with Gasteiger partial charge in [-0.1, -0.05) is 25.5 Å². The Hall–Kier alpha value is -2.09. The maximum atomic E-state index is 11.0. The third-order valence-corrected chi connectivity index (χ3v) is 5.56. The van der Waals surface area contributed by atoms with Crippen LogP contribution in [-0.2, 0) is 0 Å². The molecule has 0 amide bonds. The molecular formula is C22H35N5O2. The number of rotatable bonds is 11. The van der Waals surface area contributed by atoms with Crippen LogP contribution in [0.15, 0.2) is 22.9 Å². The van der Waals surface area contributed by atoms with Gasteiger partial charge in [0.05, 0.1) is 0 Å². The molecule has 5 N–H and O–H groups in total. The molecule has 1 aliphatic rings. The van der Waals surface area contributed by atoms with Crippen LogP contribution in [0.2, 0.25) is 0 Å². The van der Waals surface area contributed by atoms with E-state index in [4.69, 9.17) is 5.41 Å². The third-order valence-electron chi connectivity index (χ3n) is 5.56. The fraction of sp³-hybridized carbons (Fsp3) is 0.591. The number of fused-ring (bicyclic) bond motifs is 1. The molecule has 0 radical (unpaired) electrons. The second-order valence-electron chi connectivity index (χ2n) is 7.80. The maximum Gasteiger partial charge on any atom is 0.195 e. The number of aryl methyl sites for hydroxylation is 2. The van der Waals surface area contributed by atoms with E-state index < -0.39 is 0 Å². The molecule has 1 heterocycles. The van der Waals surface area contributed by atoms with Crippen LogP contribution in [0.5, 0.6) is 0 Å². The Morgan fingerprint density at radius 1 is 1.24 bits per heavy atom. The lowest BCUT2D eigenvalue weighted by molar-refractivity contribution is 0.252. The number of aliphatic hydroxyl groups excluding tert-OH is 1. The minimum absolute atomic E-state index is 0.194. The molecule has 0 saturated heterocycles. The highest BCUT2D eigenvalue weighted by molar-refractivity contribution is 6.04. The van der Waals surface area contributed by atoms with Gasteiger partial charge in [0, 0.05) is 30.0 Å². The fourth-order valence-electron chi connectivity index (χ4n) is 3.90. The van der Waals surface area contributed by atoms with Crippen LogP contribution < -0.4 is 16.0 Å². The highest BCUT2D eigenvalue weighted by Crippen LogP contribution is 2.31. The Balaban J connectivity index is 2.07. The van der Waals surface area contributed by atoms with Crippen LogP contribution in [0, 0.1) is 24.2 Å². The molecule has 0 fully saturated rings. The molecule has 0 saturated carbocycles. The highest BCUT2D eigenvalue weighted by Gasteiger charge is 2.25. The predicted molar refractivity (Wildman–Crippen MR) is 120 cm³/mol. The Kier molecular flexibility index (Phi) is 8.95.